The molecular weight excluding hydrogens is 360 g/mol. The first-order valence-corrected chi connectivity index (χ1v) is 9.14. The van der Waals surface area contributed by atoms with Gasteiger partial charge in [-0.25, -0.2) is 4.79 Å². The van der Waals surface area contributed by atoms with Gasteiger partial charge in [0.15, 0.2) is 0 Å². The predicted molar refractivity (Wildman–Crippen MR) is 104 cm³/mol. The smallest absolute Gasteiger partial charge is 0.338 e. The van der Waals surface area contributed by atoms with Gasteiger partial charge in [-0.2, -0.15) is 0 Å². The number of nitrogens with one attached hydrogen (secondary N) is 1. The molecule has 7 heteroatoms. The van der Waals surface area contributed by atoms with Crippen molar-refractivity contribution in [3.8, 4) is 0 Å². The van der Waals surface area contributed by atoms with Gasteiger partial charge in [0.05, 0.1) is 25.4 Å². The van der Waals surface area contributed by atoms with Crippen molar-refractivity contribution in [3.63, 3.8) is 0 Å². The van der Waals surface area contributed by atoms with Crippen LogP contribution in [0.2, 0.25) is 0 Å². The lowest BCUT2D eigenvalue weighted by Gasteiger charge is -2.27. The molecule has 3 rings (SSSR count). The molecule has 1 aliphatic heterocycles. The Bertz CT molecular complexity index is 857. The molecule has 1 saturated heterocycles. The summed E-state index contributed by atoms with van der Waals surface area (Å²) in [6.45, 7) is 4.17. The number of hydrogen-bond acceptors (Lipinski definition) is 5. The first kappa shape index (κ1) is 19.6. The van der Waals surface area contributed by atoms with Gasteiger partial charge in [-0.15, -0.1) is 0 Å². The van der Waals surface area contributed by atoms with E-state index in [2.05, 4.69) is 5.32 Å². The fraction of sp³-hybridized carbons (Fsp3) is 0.286. The summed E-state index contributed by atoms with van der Waals surface area (Å²) in [7, 11) is 0. The van der Waals surface area contributed by atoms with Crippen LogP contribution in [0.5, 0.6) is 0 Å². The fourth-order valence-corrected chi connectivity index (χ4v) is 2.85. The van der Waals surface area contributed by atoms with E-state index < -0.39 is 5.97 Å². The number of amides is 2. The summed E-state index contributed by atoms with van der Waals surface area (Å²) < 4.78 is 10.2. The van der Waals surface area contributed by atoms with Gasteiger partial charge in [0.1, 0.15) is 0 Å². The van der Waals surface area contributed by atoms with Crippen molar-refractivity contribution in [2.45, 2.75) is 6.92 Å². The average molecular weight is 382 g/mol. The number of carbonyl (C=O) groups is 3. The minimum Gasteiger partial charge on any atom is -0.462 e. The molecule has 0 aliphatic carbocycles. The SMILES string of the molecule is CCOC(=O)c1ccc(NC(=O)c2cccc(C(=O)N3CCOCC3)c2)cc1. The number of esters is 1. The van der Waals surface area contributed by atoms with Crippen LogP contribution in [0.25, 0.3) is 0 Å². The van der Waals surface area contributed by atoms with E-state index in [4.69, 9.17) is 9.47 Å². The van der Waals surface area contributed by atoms with Crippen molar-refractivity contribution < 1.29 is 23.9 Å². The van der Waals surface area contributed by atoms with Crippen molar-refractivity contribution in [1.82, 2.24) is 4.90 Å². The van der Waals surface area contributed by atoms with Crippen LogP contribution in [-0.2, 0) is 9.47 Å². The van der Waals surface area contributed by atoms with Gasteiger partial charge < -0.3 is 19.7 Å². The molecule has 0 unspecified atom stereocenters. The third kappa shape index (κ3) is 4.75. The Morgan fingerprint density at radius 1 is 1.00 bits per heavy atom. The maximum absolute atomic E-state index is 12.6. The third-order valence-electron chi connectivity index (χ3n) is 4.32. The summed E-state index contributed by atoms with van der Waals surface area (Å²) in [6, 6.07) is 13.1. The molecule has 0 saturated carbocycles. The summed E-state index contributed by atoms with van der Waals surface area (Å²) in [5.41, 5.74) is 1.81. The van der Waals surface area contributed by atoms with Crippen LogP contribution in [-0.4, -0.2) is 55.6 Å². The zero-order valence-corrected chi connectivity index (χ0v) is 15.6. The van der Waals surface area contributed by atoms with Crippen molar-refractivity contribution in [1.29, 1.82) is 0 Å². The van der Waals surface area contributed by atoms with Gasteiger partial charge in [0, 0.05) is 29.9 Å². The zero-order chi connectivity index (χ0) is 19.9. The van der Waals surface area contributed by atoms with Crippen molar-refractivity contribution in [2.75, 3.05) is 38.2 Å². The molecule has 0 radical (unpaired) electrons. The highest BCUT2D eigenvalue weighted by atomic mass is 16.5. The van der Waals surface area contributed by atoms with Gasteiger partial charge >= 0.3 is 5.97 Å². The standard InChI is InChI=1S/C21H22N2O5/c1-2-28-21(26)15-6-8-18(9-7-15)22-19(24)16-4-3-5-17(14-16)20(25)23-10-12-27-13-11-23/h3-9,14H,2,10-13H2,1H3,(H,22,24). The van der Waals surface area contributed by atoms with Gasteiger partial charge in [-0.1, -0.05) is 6.07 Å². The van der Waals surface area contributed by atoms with E-state index in [9.17, 15) is 14.4 Å². The Morgan fingerprint density at radius 3 is 2.36 bits per heavy atom. The minimum absolute atomic E-state index is 0.114. The summed E-state index contributed by atoms with van der Waals surface area (Å²) in [6.07, 6.45) is 0. The van der Waals surface area contributed by atoms with E-state index in [1.807, 2.05) is 0 Å². The summed E-state index contributed by atoms with van der Waals surface area (Å²) in [5, 5.41) is 2.77. The van der Waals surface area contributed by atoms with E-state index in [1.54, 1.807) is 60.4 Å². The zero-order valence-electron chi connectivity index (χ0n) is 15.6. The number of benzene rings is 2. The van der Waals surface area contributed by atoms with E-state index in [-0.39, 0.29) is 11.8 Å². The highest BCUT2D eigenvalue weighted by molar-refractivity contribution is 6.06. The molecule has 0 aromatic heterocycles. The molecule has 0 spiro atoms. The van der Waals surface area contributed by atoms with Gasteiger partial charge in [0.2, 0.25) is 0 Å². The molecule has 7 nitrogen and oxygen atoms in total. The van der Waals surface area contributed by atoms with Crippen molar-refractivity contribution in [2.24, 2.45) is 0 Å². The molecule has 28 heavy (non-hydrogen) atoms. The molecule has 146 valence electrons. The van der Waals surface area contributed by atoms with E-state index in [0.717, 1.165) is 0 Å². The number of morpholine rings is 1. The molecule has 2 aromatic carbocycles. The van der Waals surface area contributed by atoms with Crippen LogP contribution in [0.15, 0.2) is 48.5 Å². The second-order valence-corrected chi connectivity index (χ2v) is 6.24. The highest BCUT2D eigenvalue weighted by Crippen LogP contribution is 2.14. The monoisotopic (exact) mass is 382 g/mol. The molecule has 1 N–H and O–H groups in total. The van der Waals surface area contributed by atoms with Crippen LogP contribution in [0.1, 0.15) is 38.0 Å². The van der Waals surface area contributed by atoms with Crippen LogP contribution >= 0.6 is 0 Å². The number of rotatable bonds is 5. The molecule has 1 heterocycles. The first-order chi connectivity index (χ1) is 13.6. The lowest BCUT2D eigenvalue weighted by atomic mass is 10.1. The second-order valence-electron chi connectivity index (χ2n) is 6.24. The molecule has 1 fully saturated rings. The summed E-state index contributed by atoms with van der Waals surface area (Å²) in [4.78, 5) is 38.5. The third-order valence-corrected chi connectivity index (χ3v) is 4.32. The molecule has 2 amide bonds. The Morgan fingerprint density at radius 2 is 1.68 bits per heavy atom. The Kier molecular flexibility index (Phi) is 6.39. The quantitative estimate of drug-likeness (QED) is 0.804. The number of nitrogens with zero attached hydrogens (tertiary/aromatic N) is 1. The Labute approximate surface area is 163 Å². The molecular formula is C21H22N2O5. The van der Waals surface area contributed by atoms with Crippen LogP contribution < -0.4 is 5.32 Å². The fourth-order valence-electron chi connectivity index (χ4n) is 2.85. The van der Waals surface area contributed by atoms with Gasteiger partial charge in [0.25, 0.3) is 11.8 Å². The van der Waals surface area contributed by atoms with Crippen LogP contribution in [0.3, 0.4) is 0 Å². The molecule has 0 bridgehead atoms. The number of ether oxygens (including phenoxy) is 2. The van der Waals surface area contributed by atoms with E-state index >= 15 is 0 Å². The second kappa shape index (κ2) is 9.14. The predicted octanol–water partition coefficient (Wildman–Crippen LogP) is 2.59. The summed E-state index contributed by atoms with van der Waals surface area (Å²) in [5.74, 6) is -0.855. The topological polar surface area (TPSA) is 84.9 Å². The van der Waals surface area contributed by atoms with Gasteiger partial charge in [-0.3, -0.25) is 9.59 Å². The van der Waals surface area contributed by atoms with Crippen molar-refractivity contribution in [3.05, 3.63) is 65.2 Å². The normalized spacial score (nSPS) is 13.7. The lowest BCUT2D eigenvalue weighted by Crippen LogP contribution is -2.40. The Hall–Kier alpha value is -3.19. The summed E-state index contributed by atoms with van der Waals surface area (Å²) >= 11 is 0. The maximum atomic E-state index is 12.6. The van der Waals surface area contributed by atoms with E-state index in [1.165, 1.54) is 0 Å². The van der Waals surface area contributed by atoms with Crippen LogP contribution in [0, 0.1) is 0 Å². The average Bonchev–Trinajstić information content (AvgIpc) is 2.74. The Balaban J connectivity index is 1.67. The number of carbonyl (C=O) groups excluding carboxylic acids is 3. The molecule has 1 aliphatic rings. The number of anilines is 1. The first-order valence-electron chi connectivity index (χ1n) is 9.14. The number of hydrogen-bond donors (Lipinski definition) is 1. The van der Waals surface area contributed by atoms with E-state index in [0.29, 0.717) is 55.3 Å². The highest BCUT2D eigenvalue weighted by Gasteiger charge is 2.19. The lowest BCUT2D eigenvalue weighted by molar-refractivity contribution is 0.0303. The van der Waals surface area contributed by atoms with Crippen molar-refractivity contribution >= 4 is 23.5 Å². The van der Waals surface area contributed by atoms with Crippen LogP contribution in [0.4, 0.5) is 5.69 Å². The molecule has 2 aromatic rings. The largest absolute Gasteiger partial charge is 0.462 e. The minimum atomic E-state index is -0.408. The van der Waals surface area contributed by atoms with Gasteiger partial charge in [-0.05, 0) is 49.4 Å². The maximum Gasteiger partial charge on any atom is 0.338 e. The molecule has 0 atom stereocenters.